The number of hydrogen-bond donors (Lipinski definition) is 0. The Labute approximate surface area is 108 Å². The van der Waals surface area contributed by atoms with Gasteiger partial charge in [0.15, 0.2) is 6.29 Å². The molecule has 0 aromatic carbocycles. The molecule has 0 unspecified atom stereocenters. The van der Waals surface area contributed by atoms with Gasteiger partial charge in [-0.3, -0.25) is 9.58 Å². The first-order valence-electron chi connectivity index (χ1n) is 6.78. The van der Waals surface area contributed by atoms with Gasteiger partial charge in [-0.05, 0) is 25.8 Å². The highest BCUT2D eigenvalue weighted by Gasteiger charge is 2.25. The minimum atomic E-state index is -0.00649. The van der Waals surface area contributed by atoms with Crippen molar-refractivity contribution in [2.45, 2.75) is 32.1 Å². The van der Waals surface area contributed by atoms with Crippen LogP contribution in [0.4, 0.5) is 0 Å². The van der Waals surface area contributed by atoms with Gasteiger partial charge in [0.1, 0.15) is 0 Å². The molecule has 100 valence electrons. The number of hydrogen-bond acceptors (Lipinski definition) is 4. The number of nitrogens with zero attached hydrogens (tertiary/aromatic N) is 3. The molecular weight excluding hydrogens is 230 g/mol. The summed E-state index contributed by atoms with van der Waals surface area (Å²) < 4.78 is 13.2. The molecule has 1 aromatic heterocycles. The first kappa shape index (κ1) is 12.1. The number of aromatic nitrogens is 2. The SMILES string of the molecule is Cc1ccnn1C1CCN(CC2OCCO2)CC1. The summed E-state index contributed by atoms with van der Waals surface area (Å²) in [6, 6.07) is 2.63. The van der Waals surface area contributed by atoms with E-state index in [4.69, 9.17) is 9.47 Å². The van der Waals surface area contributed by atoms with Crippen LogP contribution in [-0.4, -0.2) is 53.8 Å². The molecule has 2 fully saturated rings. The molecule has 0 radical (unpaired) electrons. The van der Waals surface area contributed by atoms with Crippen LogP contribution in [0.3, 0.4) is 0 Å². The third kappa shape index (κ3) is 2.58. The molecule has 5 heteroatoms. The molecule has 18 heavy (non-hydrogen) atoms. The van der Waals surface area contributed by atoms with Crippen LogP contribution in [0.2, 0.25) is 0 Å². The average Bonchev–Trinajstić information content (AvgIpc) is 3.02. The van der Waals surface area contributed by atoms with Crippen LogP contribution in [0.1, 0.15) is 24.6 Å². The highest BCUT2D eigenvalue weighted by molar-refractivity contribution is 4.99. The largest absolute Gasteiger partial charge is 0.349 e. The predicted molar refractivity (Wildman–Crippen MR) is 67.4 cm³/mol. The molecule has 0 amide bonds. The monoisotopic (exact) mass is 251 g/mol. The van der Waals surface area contributed by atoms with E-state index in [9.17, 15) is 0 Å². The van der Waals surface area contributed by atoms with E-state index >= 15 is 0 Å². The second-order valence-electron chi connectivity index (χ2n) is 5.12. The Morgan fingerprint density at radius 3 is 2.61 bits per heavy atom. The van der Waals surface area contributed by atoms with Gasteiger partial charge in [0.25, 0.3) is 0 Å². The van der Waals surface area contributed by atoms with E-state index in [0.29, 0.717) is 6.04 Å². The summed E-state index contributed by atoms with van der Waals surface area (Å²) in [4.78, 5) is 2.44. The van der Waals surface area contributed by atoms with Gasteiger partial charge in [-0.2, -0.15) is 5.10 Å². The van der Waals surface area contributed by atoms with E-state index in [0.717, 1.165) is 45.7 Å². The Morgan fingerprint density at radius 1 is 1.28 bits per heavy atom. The lowest BCUT2D eigenvalue weighted by atomic mass is 10.1. The molecule has 3 rings (SSSR count). The topological polar surface area (TPSA) is 39.5 Å². The average molecular weight is 251 g/mol. The highest BCUT2D eigenvalue weighted by Crippen LogP contribution is 2.23. The molecule has 3 heterocycles. The zero-order valence-corrected chi connectivity index (χ0v) is 10.9. The molecule has 1 aromatic rings. The summed E-state index contributed by atoms with van der Waals surface area (Å²) in [5.41, 5.74) is 1.26. The van der Waals surface area contributed by atoms with Gasteiger partial charge >= 0.3 is 0 Å². The van der Waals surface area contributed by atoms with Crippen molar-refractivity contribution in [1.82, 2.24) is 14.7 Å². The number of likely N-dealkylation sites (tertiary alicyclic amines) is 1. The fourth-order valence-corrected chi connectivity index (χ4v) is 2.83. The summed E-state index contributed by atoms with van der Waals surface area (Å²) in [6.45, 7) is 6.73. The van der Waals surface area contributed by atoms with E-state index in [2.05, 4.69) is 27.7 Å². The minimum Gasteiger partial charge on any atom is -0.349 e. The van der Waals surface area contributed by atoms with Crippen LogP contribution in [0, 0.1) is 6.92 Å². The van der Waals surface area contributed by atoms with Gasteiger partial charge in [0.2, 0.25) is 0 Å². The zero-order chi connectivity index (χ0) is 12.4. The molecule has 0 bridgehead atoms. The lowest BCUT2D eigenvalue weighted by Gasteiger charge is -2.33. The second-order valence-corrected chi connectivity index (χ2v) is 5.12. The van der Waals surface area contributed by atoms with E-state index < -0.39 is 0 Å². The first-order chi connectivity index (χ1) is 8.83. The zero-order valence-electron chi connectivity index (χ0n) is 10.9. The van der Waals surface area contributed by atoms with E-state index in [1.807, 2.05) is 6.20 Å². The van der Waals surface area contributed by atoms with Gasteiger partial charge in [-0.25, -0.2) is 0 Å². The normalized spacial score (nSPS) is 23.8. The van der Waals surface area contributed by atoms with Crippen molar-refractivity contribution in [2.24, 2.45) is 0 Å². The Bertz CT molecular complexity index is 379. The number of aryl methyl sites for hydroxylation is 1. The van der Waals surface area contributed by atoms with Crippen LogP contribution < -0.4 is 0 Å². The molecule has 2 saturated heterocycles. The second kappa shape index (κ2) is 5.38. The quantitative estimate of drug-likeness (QED) is 0.809. The smallest absolute Gasteiger partial charge is 0.170 e. The van der Waals surface area contributed by atoms with Crippen molar-refractivity contribution in [3.8, 4) is 0 Å². The lowest BCUT2D eigenvalue weighted by molar-refractivity contribution is -0.0659. The molecule has 0 saturated carbocycles. The summed E-state index contributed by atoms with van der Waals surface area (Å²) in [6.07, 6.45) is 4.21. The van der Waals surface area contributed by atoms with E-state index in [1.165, 1.54) is 5.69 Å². The fourth-order valence-electron chi connectivity index (χ4n) is 2.83. The summed E-state index contributed by atoms with van der Waals surface area (Å²) in [5.74, 6) is 0. The molecule has 5 nitrogen and oxygen atoms in total. The van der Waals surface area contributed by atoms with Gasteiger partial charge in [0, 0.05) is 31.5 Å². The van der Waals surface area contributed by atoms with Crippen molar-refractivity contribution in [2.75, 3.05) is 32.8 Å². The molecule has 0 atom stereocenters. The Balaban J connectivity index is 1.50. The standard InChI is InChI=1S/C13H21N3O2/c1-11-2-5-14-16(11)12-3-6-15(7-4-12)10-13-17-8-9-18-13/h2,5,12-13H,3-4,6-10H2,1H3. The molecule has 0 N–H and O–H groups in total. The maximum Gasteiger partial charge on any atom is 0.170 e. The van der Waals surface area contributed by atoms with Crippen LogP contribution in [0.5, 0.6) is 0 Å². The van der Waals surface area contributed by atoms with Crippen molar-refractivity contribution >= 4 is 0 Å². The summed E-state index contributed by atoms with van der Waals surface area (Å²) in [5, 5.41) is 4.42. The van der Waals surface area contributed by atoms with Gasteiger partial charge in [0.05, 0.1) is 19.3 Å². The van der Waals surface area contributed by atoms with Crippen LogP contribution in [0.25, 0.3) is 0 Å². The highest BCUT2D eigenvalue weighted by atomic mass is 16.7. The summed E-state index contributed by atoms with van der Waals surface area (Å²) in [7, 11) is 0. The van der Waals surface area contributed by atoms with E-state index in [1.54, 1.807) is 0 Å². The number of ether oxygens (including phenoxy) is 2. The van der Waals surface area contributed by atoms with Crippen molar-refractivity contribution in [1.29, 1.82) is 0 Å². The molecule has 2 aliphatic rings. The van der Waals surface area contributed by atoms with Gasteiger partial charge in [-0.1, -0.05) is 0 Å². The predicted octanol–water partition coefficient (Wildman–Crippen LogP) is 1.20. The molecular formula is C13H21N3O2. The van der Waals surface area contributed by atoms with Crippen molar-refractivity contribution in [3.05, 3.63) is 18.0 Å². The van der Waals surface area contributed by atoms with Crippen LogP contribution >= 0.6 is 0 Å². The van der Waals surface area contributed by atoms with Crippen LogP contribution in [-0.2, 0) is 9.47 Å². The Kier molecular flexibility index (Phi) is 3.63. The number of rotatable bonds is 3. The van der Waals surface area contributed by atoms with E-state index in [-0.39, 0.29) is 6.29 Å². The summed E-state index contributed by atoms with van der Waals surface area (Å²) >= 11 is 0. The maximum atomic E-state index is 5.49. The molecule has 0 aliphatic carbocycles. The molecule has 0 spiro atoms. The fraction of sp³-hybridized carbons (Fsp3) is 0.769. The third-order valence-corrected chi connectivity index (χ3v) is 3.87. The van der Waals surface area contributed by atoms with Gasteiger partial charge < -0.3 is 9.47 Å². The Hall–Kier alpha value is -0.910. The number of piperidine rings is 1. The first-order valence-corrected chi connectivity index (χ1v) is 6.78. The van der Waals surface area contributed by atoms with Crippen LogP contribution in [0.15, 0.2) is 12.3 Å². The third-order valence-electron chi connectivity index (χ3n) is 3.87. The van der Waals surface area contributed by atoms with Gasteiger partial charge in [-0.15, -0.1) is 0 Å². The van der Waals surface area contributed by atoms with Crippen molar-refractivity contribution in [3.63, 3.8) is 0 Å². The lowest BCUT2D eigenvalue weighted by Crippen LogP contribution is -2.40. The van der Waals surface area contributed by atoms with Crippen molar-refractivity contribution < 1.29 is 9.47 Å². The maximum absolute atomic E-state index is 5.49. The minimum absolute atomic E-state index is 0.00649. The molecule has 2 aliphatic heterocycles. The Morgan fingerprint density at radius 2 is 2.00 bits per heavy atom.